The minimum atomic E-state index is -0.880. The number of hydrogen-bond donors (Lipinski definition) is 1. The molecule has 0 aliphatic carbocycles. The molecule has 4 aromatic rings. The lowest BCUT2D eigenvalue weighted by Crippen LogP contribution is -2.50. The third-order valence-electron chi connectivity index (χ3n) is 5.58. The summed E-state index contributed by atoms with van der Waals surface area (Å²) in [4.78, 5) is 17.7. The lowest BCUT2D eigenvalue weighted by Gasteiger charge is -2.39. The number of nitrogens with one attached hydrogen (secondary N) is 1. The van der Waals surface area contributed by atoms with Crippen LogP contribution >= 0.6 is 0 Å². The van der Waals surface area contributed by atoms with E-state index in [1.807, 2.05) is 36.4 Å². The Kier molecular flexibility index (Phi) is 4.75. The maximum absolute atomic E-state index is 13.3. The number of benzene rings is 2. The maximum Gasteiger partial charge on any atom is 0.252 e. The topological polar surface area (TPSA) is 64.4 Å². The molecule has 0 saturated carbocycles. The number of amides is 1. The van der Waals surface area contributed by atoms with E-state index in [0.717, 1.165) is 16.7 Å². The molecule has 3 heterocycles. The number of nitrogens with zero attached hydrogens (tertiary/aromatic N) is 1. The molecule has 5 nitrogen and oxygen atoms in total. The number of carbonyl (C=O) groups is 1. The predicted molar refractivity (Wildman–Crippen MR) is 113 cm³/mol. The highest BCUT2D eigenvalue weighted by Crippen LogP contribution is 2.41. The van der Waals surface area contributed by atoms with Crippen molar-refractivity contribution < 1.29 is 18.3 Å². The molecule has 2 aromatic heterocycles. The third kappa shape index (κ3) is 3.46. The van der Waals surface area contributed by atoms with Crippen molar-refractivity contribution in [3.05, 3.63) is 108 Å². The summed E-state index contributed by atoms with van der Waals surface area (Å²) in [7, 11) is 0. The number of rotatable bonds is 4. The molecule has 31 heavy (non-hydrogen) atoms. The summed E-state index contributed by atoms with van der Waals surface area (Å²) in [5.74, 6) is -0.0661. The second-order valence-corrected chi connectivity index (χ2v) is 7.40. The Labute approximate surface area is 178 Å². The highest BCUT2D eigenvalue weighted by molar-refractivity contribution is 5.95. The number of pyridine rings is 1. The first-order valence-corrected chi connectivity index (χ1v) is 9.95. The van der Waals surface area contributed by atoms with E-state index in [-0.39, 0.29) is 11.7 Å². The highest BCUT2D eigenvalue weighted by atomic mass is 19.1. The SMILES string of the molecule is O=C(NC1(c2ccc(-c3ccoc3)cc2)CCOc2cccnc21)c1ccc(F)cc1. The van der Waals surface area contributed by atoms with Crippen LogP contribution in [-0.2, 0) is 5.54 Å². The summed E-state index contributed by atoms with van der Waals surface area (Å²) in [5.41, 5.74) is 3.01. The molecule has 0 saturated heterocycles. The van der Waals surface area contributed by atoms with Crippen LogP contribution in [-0.4, -0.2) is 17.5 Å². The van der Waals surface area contributed by atoms with E-state index < -0.39 is 5.54 Å². The van der Waals surface area contributed by atoms with Gasteiger partial charge in [0, 0.05) is 23.7 Å². The number of halogens is 1. The van der Waals surface area contributed by atoms with Gasteiger partial charge in [0.25, 0.3) is 5.91 Å². The maximum atomic E-state index is 13.3. The summed E-state index contributed by atoms with van der Waals surface area (Å²) < 4.78 is 24.3. The van der Waals surface area contributed by atoms with Crippen LogP contribution in [0.15, 0.2) is 89.9 Å². The largest absolute Gasteiger partial charge is 0.491 e. The van der Waals surface area contributed by atoms with Gasteiger partial charge in [0.05, 0.1) is 19.1 Å². The summed E-state index contributed by atoms with van der Waals surface area (Å²) in [6, 6.07) is 19.0. The zero-order chi connectivity index (χ0) is 21.3. The number of fused-ring (bicyclic) bond motifs is 1. The van der Waals surface area contributed by atoms with Crippen molar-refractivity contribution in [1.82, 2.24) is 10.3 Å². The fraction of sp³-hybridized carbons (Fsp3) is 0.120. The third-order valence-corrected chi connectivity index (χ3v) is 5.58. The van der Waals surface area contributed by atoms with Crippen molar-refractivity contribution >= 4 is 5.91 Å². The van der Waals surface area contributed by atoms with Crippen molar-refractivity contribution in [2.24, 2.45) is 0 Å². The molecule has 0 bridgehead atoms. The Morgan fingerprint density at radius 1 is 1.00 bits per heavy atom. The fourth-order valence-electron chi connectivity index (χ4n) is 3.98. The first kappa shape index (κ1) is 19.1. The van der Waals surface area contributed by atoms with E-state index in [1.54, 1.807) is 24.8 Å². The van der Waals surface area contributed by atoms with Gasteiger partial charge >= 0.3 is 0 Å². The molecule has 1 atom stereocenters. The standard InChI is InChI=1S/C25H19FN2O3/c26-21-9-5-18(6-10-21)24(29)28-25(12-15-31-22-2-1-13-27-23(22)25)20-7-3-17(4-8-20)19-11-14-30-16-19/h1-11,13-14,16H,12,15H2,(H,28,29). The fourth-order valence-corrected chi connectivity index (χ4v) is 3.98. The van der Waals surface area contributed by atoms with Crippen molar-refractivity contribution in [2.45, 2.75) is 12.0 Å². The molecule has 1 aliphatic heterocycles. The Balaban J connectivity index is 1.59. The van der Waals surface area contributed by atoms with Gasteiger partial charge in [-0.1, -0.05) is 24.3 Å². The smallest absolute Gasteiger partial charge is 0.252 e. The van der Waals surface area contributed by atoms with E-state index in [4.69, 9.17) is 9.15 Å². The Morgan fingerprint density at radius 3 is 2.55 bits per heavy atom. The quantitative estimate of drug-likeness (QED) is 0.514. The highest BCUT2D eigenvalue weighted by Gasteiger charge is 2.42. The van der Waals surface area contributed by atoms with E-state index in [2.05, 4.69) is 10.3 Å². The van der Waals surface area contributed by atoms with Gasteiger partial charge < -0.3 is 14.5 Å². The molecular weight excluding hydrogens is 395 g/mol. The minimum absolute atomic E-state index is 0.308. The molecule has 1 N–H and O–H groups in total. The molecule has 1 aliphatic rings. The van der Waals surface area contributed by atoms with E-state index in [0.29, 0.717) is 30.0 Å². The Bertz CT molecular complexity index is 1200. The van der Waals surface area contributed by atoms with Crippen LogP contribution in [0.5, 0.6) is 5.75 Å². The lowest BCUT2D eigenvalue weighted by molar-refractivity contribution is 0.0883. The summed E-state index contributed by atoms with van der Waals surface area (Å²) in [6.45, 7) is 0.422. The number of aromatic nitrogens is 1. The molecule has 154 valence electrons. The normalized spacial score (nSPS) is 17.5. The van der Waals surface area contributed by atoms with Crippen LogP contribution in [0.4, 0.5) is 4.39 Å². The van der Waals surface area contributed by atoms with Crippen LogP contribution in [0.2, 0.25) is 0 Å². The first-order chi connectivity index (χ1) is 15.2. The monoisotopic (exact) mass is 414 g/mol. The predicted octanol–water partition coefficient (Wildman–Crippen LogP) is 4.94. The number of ether oxygens (including phenoxy) is 1. The molecule has 0 spiro atoms. The number of carbonyl (C=O) groups excluding carboxylic acids is 1. The van der Waals surface area contributed by atoms with Crippen molar-refractivity contribution in [3.8, 4) is 16.9 Å². The summed E-state index contributed by atoms with van der Waals surface area (Å²) in [6.07, 6.45) is 5.51. The average Bonchev–Trinajstić information content (AvgIpc) is 3.35. The number of hydrogen-bond acceptors (Lipinski definition) is 4. The molecule has 1 unspecified atom stereocenters. The second-order valence-electron chi connectivity index (χ2n) is 7.40. The van der Waals surface area contributed by atoms with Crippen molar-refractivity contribution in [3.63, 3.8) is 0 Å². The molecule has 0 fully saturated rings. The Hall–Kier alpha value is -3.93. The van der Waals surface area contributed by atoms with Crippen LogP contribution in [0.25, 0.3) is 11.1 Å². The minimum Gasteiger partial charge on any atom is -0.491 e. The zero-order valence-electron chi connectivity index (χ0n) is 16.5. The zero-order valence-corrected chi connectivity index (χ0v) is 16.5. The first-order valence-electron chi connectivity index (χ1n) is 9.95. The van der Waals surface area contributed by atoms with Gasteiger partial charge in [0.2, 0.25) is 0 Å². The van der Waals surface area contributed by atoms with Crippen LogP contribution in [0, 0.1) is 5.82 Å². The lowest BCUT2D eigenvalue weighted by atomic mass is 9.80. The van der Waals surface area contributed by atoms with Gasteiger partial charge in [0.1, 0.15) is 22.8 Å². The molecule has 5 rings (SSSR count). The van der Waals surface area contributed by atoms with E-state index in [1.165, 1.54) is 24.3 Å². The van der Waals surface area contributed by atoms with Gasteiger partial charge in [-0.25, -0.2) is 4.39 Å². The van der Waals surface area contributed by atoms with Gasteiger partial charge in [-0.15, -0.1) is 0 Å². The van der Waals surface area contributed by atoms with Gasteiger partial charge in [0.15, 0.2) is 0 Å². The molecular formula is C25H19FN2O3. The van der Waals surface area contributed by atoms with Crippen molar-refractivity contribution in [2.75, 3.05) is 6.61 Å². The van der Waals surface area contributed by atoms with Crippen LogP contribution in [0.3, 0.4) is 0 Å². The van der Waals surface area contributed by atoms with Gasteiger partial charge in [-0.3, -0.25) is 9.78 Å². The van der Waals surface area contributed by atoms with Crippen LogP contribution < -0.4 is 10.1 Å². The molecule has 6 heteroatoms. The van der Waals surface area contributed by atoms with Gasteiger partial charge in [-0.2, -0.15) is 0 Å². The summed E-state index contributed by atoms with van der Waals surface area (Å²) in [5, 5.41) is 3.17. The van der Waals surface area contributed by atoms with E-state index in [9.17, 15) is 9.18 Å². The molecule has 0 radical (unpaired) electrons. The van der Waals surface area contributed by atoms with Crippen molar-refractivity contribution in [1.29, 1.82) is 0 Å². The summed E-state index contributed by atoms with van der Waals surface area (Å²) >= 11 is 0. The average molecular weight is 414 g/mol. The van der Waals surface area contributed by atoms with Crippen LogP contribution in [0.1, 0.15) is 28.0 Å². The Morgan fingerprint density at radius 2 is 1.81 bits per heavy atom. The number of furan rings is 1. The second kappa shape index (κ2) is 7.72. The van der Waals surface area contributed by atoms with E-state index >= 15 is 0 Å². The van der Waals surface area contributed by atoms with Gasteiger partial charge in [-0.05, 0) is 53.6 Å². The molecule has 1 amide bonds. The molecule has 2 aromatic carbocycles.